The lowest BCUT2D eigenvalue weighted by Gasteiger charge is -2.42. The number of piperidine rings is 1. The number of aromatic nitrogens is 2. The monoisotopic (exact) mass is 367 g/mol. The van der Waals surface area contributed by atoms with Crippen molar-refractivity contribution >= 4 is 5.91 Å². The summed E-state index contributed by atoms with van der Waals surface area (Å²) in [5.41, 5.74) is 1.74. The quantitative estimate of drug-likeness (QED) is 0.832. The second-order valence-electron chi connectivity index (χ2n) is 7.81. The Morgan fingerprint density at radius 3 is 2.44 bits per heavy atom. The highest BCUT2D eigenvalue weighted by Gasteiger charge is 2.28. The van der Waals surface area contributed by atoms with Crippen LogP contribution >= 0.6 is 0 Å². The molecule has 2 aliphatic heterocycles. The normalized spacial score (nSPS) is 20.1. The molecule has 0 radical (unpaired) electrons. The number of imidazole rings is 1. The van der Waals surface area contributed by atoms with E-state index in [-0.39, 0.29) is 5.91 Å². The molecule has 144 valence electrons. The molecule has 3 heterocycles. The van der Waals surface area contributed by atoms with E-state index in [9.17, 15) is 4.79 Å². The van der Waals surface area contributed by atoms with Crippen molar-refractivity contribution in [1.82, 2.24) is 24.3 Å². The van der Waals surface area contributed by atoms with Gasteiger partial charge in [0, 0.05) is 62.8 Å². The van der Waals surface area contributed by atoms with Crippen LogP contribution in [0.2, 0.25) is 0 Å². The van der Waals surface area contributed by atoms with Crippen LogP contribution in [0.1, 0.15) is 23.2 Å². The number of carbonyl (C=O) groups is 1. The SMILES string of the molecule is CN1CCC(N2CCN(C(=O)c3cccc(-c4nccn4C)c3)CC2)CC1. The van der Waals surface area contributed by atoms with Crippen molar-refractivity contribution in [2.75, 3.05) is 46.3 Å². The van der Waals surface area contributed by atoms with Gasteiger partial charge in [-0.15, -0.1) is 0 Å². The molecule has 2 aliphatic rings. The summed E-state index contributed by atoms with van der Waals surface area (Å²) in [4.78, 5) is 24.4. The van der Waals surface area contributed by atoms with Crippen molar-refractivity contribution in [1.29, 1.82) is 0 Å². The molecule has 2 saturated heterocycles. The smallest absolute Gasteiger partial charge is 0.253 e. The number of likely N-dealkylation sites (tertiary alicyclic amines) is 1. The fraction of sp³-hybridized carbons (Fsp3) is 0.524. The van der Waals surface area contributed by atoms with E-state index in [4.69, 9.17) is 0 Å². The molecule has 0 atom stereocenters. The van der Waals surface area contributed by atoms with Crippen LogP contribution in [-0.4, -0.2) is 82.5 Å². The van der Waals surface area contributed by atoms with Gasteiger partial charge in [0.05, 0.1) is 0 Å². The Labute approximate surface area is 161 Å². The van der Waals surface area contributed by atoms with Gasteiger partial charge in [0.15, 0.2) is 0 Å². The highest BCUT2D eigenvalue weighted by Crippen LogP contribution is 2.21. The maximum atomic E-state index is 13.0. The summed E-state index contributed by atoms with van der Waals surface area (Å²) in [6.45, 7) is 5.97. The van der Waals surface area contributed by atoms with E-state index in [0.717, 1.165) is 43.1 Å². The number of nitrogens with zero attached hydrogens (tertiary/aromatic N) is 5. The largest absolute Gasteiger partial charge is 0.336 e. The van der Waals surface area contributed by atoms with Crippen molar-refractivity contribution in [3.63, 3.8) is 0 Å². The van der Waals surface area contributed by atoms with Crippen molar-refractivity contribution < 1.29 is 4.79 Å². The highest BCUT2D eigenvalue weighted by atomic mass is 16.2. The Kier molecular flexibility index (Phi) is 5.27. The van der Waals surface area contributed by atoms with E-state index >= 15 is 0 Å². The fourth-order valence-corrected chi connectivity index (χ4v) is 4.27. The maximum absolute atomic E-state index is 13.0. The summed E-state index contributed by atoms with van der Waals surface area (Å²) in [7, 11) is 4.17. The van der Waals surface area contributed by atoms with E-state index in [1.54, 1.807) is 6.20 Å². The molecule has 2 aromatic rings. The lowest BCUT2D eigenvalue weighted by molar-refractivity contribution is 0.0475. The van der Waals surface area contributed by atoms with Crippen molar-refractivity contribution in [2.24, 2.45) is 7.05 Å². The van der Waals surface area contributed by atoms with Gasteiger partial charge >= 0.3 is 0 Å². The number of carbonyl (C=O) groups excluding carboxylic acids is 1. The van der Waals surface area contributed by atoms with Gasteiger partial charge in [0.1, 0.15) is 5.82 Å². The molecular weight excluding hydrogens is 338 g/mol. The Morgan fingerprint density at radius 2 is 1.78 bits per heavy atom. The molecule has 0 N–H and O–H groups in total. The molecule has 0 aliphatic carbocycles. The topological polar surface area (TPSA) is 44.6 Å². The molecule has 4 rings (SSSR count). The van der Waals surface area contributed by atoms with Crippen LogP contribution in [0.4, 0.5) is 0 Å². The van der Waals surface area contributed by atoms with E-state index in [1.165, 1.54) is 25.9 Å². The first kappa shape index (κ1) is 18.2. The third kappa shape index (κ3) is 3.92. The Morgan fingerprint density at radius 1 is 1.04 bits per heavy atom. The van der Waals surface area contributed by atoms with Crippen LogP contribution in [-0.2, 0) is 7.05 Å². The summed E-state index contributed by atoms with van der Waals surface area (Å²) < 4.78 is 1.98. The predicted molar refractivity (Wildman–Crippen MR) is 107 cm³/mol. The lowest BCUT2D eigenvalue weighted by Crippen LogP contribution is -2.54. The molecule has 0 unspecified atom stereocenters. The molecule has 0 bridgehead atoms. The zero-order valence-corrected chi connectivity index (χ0v) is 16.3. The lowest BCUT2D eigenvalue weighted by atomic mass is 10.0. The number of rotatable bonds is 3. The van der Waals surface area contributed by atoms with Gasteiger partial charge in [0.25, 0.3) is 5.91 Å². The molecule has 1 aromatic carbocycles. The Balaban J connectivity index is 1.39. The van der Waals surface area contributed by atoms with E-state index in [2.05, 4.69) is 21.8 Å². The fourth-order valence-electron chi connectivity index (χ4n) is 4.27. The van der Waals surface area contributed by atoms with Gasteiger partial charge in [-0.05, 0) is 45.1 Å². The molecule has 0 saturated carbocycles. The summed E-state index contributed by atoms with van der Waals surface area (Å²) in [5, 5.41) is 0. The second-order valence-corrected chi connectivity index (χ2v) is 7.81. The van der Waals surface area contributed by atoms with Crippen LogP contribution in [0.15, 0.2) is 36.7 Å². The second kappa shape index (κ2) is 7.82. The van der Waals surface area contributed by atoms with E-state index in [1.807, 2.05) is 47.0 Å². The molecule has 1 aromatic heterocycles. The third-order valence-electron chi connectivity index (χ3n) is 5.99. The van der Waals surface area contributed by atoms with Crippen molar-refractivity contribution in [2.45, 2.75) is 18.9 Å². The zero-order chi connectivity index (χ0) is 18.8. The van der Waals surface area contributed by atoms with Crippen LogP contribution in [0, 0.1) is 0 Å². The minimum atomic E-state index is 0.133. The van der Waals surface area contributed by atoms with Gasteiger partial charge in [-0.2, -0.15) is 0 Å². The number of hydrogen-bond donors (Lipinski definition) is 0. The molecular formula is C21H29N5O. The number of amides is 1. The molecule has 0 spiro atoms. The molecule has 27 heavy (non-hydrogen) atoms. The Bertz CT molecular complexity index is 785. The minimum absolute atomic E-state index is 0.133. The summed E-state index contributed by atoms with van der Waals surface area (Å²) >= 11 is 0. The van der Waals surface area contributed by atoms with Gasteiger partial charge in [-0.25, -0.2) is 4.98 Å². The number of benzene rings is 1. The van der Waals surface area contributed by atoms with Gasteiger partial charge in [-0.1, -0.05) is 12.1 Å². The standard InChI is InChI=1S/C21H29N5O/c1-23-9-6-19(7-10-23)25-12-14-26(15-13-25)21(27)18-5-3-4-17(16-18)20-22-8-11-24(20)2/h3-5,8,11,16,19H,6-7,9-10,12-15H2,1-2H3. The van der Waals surface area contributed by atoms with Gasteiger partial charge in [-0.3, -0.25) is 9.69 Å². The number of hydrogen-bond acceptors (Lipinski definition) is 4. The summed E-state index contributed by atoms with van der Waals surface area (Å²) in [6, 6.07) is 8.53. The van der Waals surface area contributed by atoms with Crippen molar-refractivity contribution in [3.8, 4) is 11.4 Å². The predicted octanol–water partition coefficient (Wildman–Crippen LogP) is 1.94. The first-order valence-corrected chi connectivity index (χ1v) is 9.91. The average Bonchev–Trinajstić information content (AvgIpc) is 3.14. The van der Waals surface area contributed by atoms with E-state index in [0.29, 0.717) is 6.04 Å². The van der Waals surface area contributed by atoms with E-state index < -0.39 is 0 Å². The molecule has 6 heteroatoms. The van der Waals surface area contributed by atoms with Gasteiger partial charge in [0.2, 0.25) is 0 Å². The zero-order valence-electron chi connectivity index (χ0n) is 16.3. The number of aryl methyl sites for hydroxylation is 1. The minimum Gasteiger partial charge on any atom is -0.336 e. The summed E-state index contributed by atoms with van der Waals surface area (Å²) in [6.07, 6.45) is 6.20. The molecule has 6 nitrogen and oxygen atoms in total. The van der Waals surface area contributed by atoms with Crippen molar-refractivity contribution in [3.05, 3.63) is 42.2 Å². The highest BCUT2D eigenvalue weighted by molar-refractivity contribution is 5.95. The summed E-state index contributed by atoms with van der Waals surface area (Å²) in [5.74, 6) is 1.02. The van der Waals surface area contributed by atoms with Crippen LogP contribution < -0.4 is 0 Å². The first-order valence-electron chi connectivity index (χ1n) is 9.91. The molecule has 1 amide bonds. The van der Waals surface area contributed by atoms with Crippen LogP contribution in [0.3, 0.4) is 0 Å². The Hall–Kier alpha value is -2.18. The van der Waals surface area contributed by atoms with Crippen LogP contribution in [0.5, 0.6) is 0 Å². The van der Waals surface area contributed by atoms with Gasteiger partial charge < -0.3 is 14.4 Å². The number of piperazine rings is 1. The molecule has 2 fully saturated rings. The average molecular weight is 367 g/mol. The maximum Gasteiger partial charge on any atom is 0.253 e. The third-order valence-corrected chi connectivity index (χ3v) is 5.99. The first-order chi connectivity index (χ1) is 13.1. The van der Waals surface area contributed by atoms with Crippen LogP contribution in [0.25, 0.3) is 11.4 Å².